The maximum absolute atomic E-state index is 12.1. The molecular weight excluding hydrogens is 272 g/mol. The number of sulfonamides is 1. The largest absolute Gasteiger partial charge is 0.392 e. The Labute approximate surface area is 112 Å². The molecule has 0 spiro atoms. The van der Waals surface area contributed by atoms with Crippen molar-refractivity contribution in [2.24, 2.45) is 11.7 Å². The van der Waals surface area contributed by atoms with Crippen molar-refractivity contribution in [2.45, 2.75) is 38.3 Å². The van der Waals surface area contributed by atoms with Gasteiger partial charge >= 0.3 is 0 Å². The quantitative estimate of drug-likeness (QED) is 0.665. The molecule has 0 saturated carbocycles. The molecule has 0 aromatic carbocycles. The van der Waals surface area contributed by atoms with Gasteiger partial charge in [-0.3, -0.25) is 0 Å². The Balaban J connectivity index is 2.96. The van der Waals surface area contributed by atoms with E-state index in [1.54, 1.807) is 0 Å². The molecule has 0 amide bonds. The molecule has 1 aromatic rings. The third-order valence-electron chi connectivity index (χ3n) is 2.48. The molecule has 8 heteroatoms. The van der Waals surface area contributed by atoms with Gasteiger partial charge < -0.3 is 10.7 Å². The monoisotopic (exact) mass is 290 g/mol. The second-order valence-electron chi connectivity index (χ2n) is 4.29. The van der Waals surface area contributed by atoms with Gasteiger partial charge in [0.1, 0.15) is 5.82 Å². The van der Waals surface area contributed by atoms with Crippen LogP contribution in [0.15, 0.2) is 11.2 Å². The molecule has 0 bridgehead atoms. The number of hydrogen-bond acceptors (Lipinski definition) is 4. The van der Waals surface area contributed by atoms with Gasteiger partial charge in [-0.2, -0.15) is 4.72 Å². The second-order valence-corrected chi connectivity index (χ2v) is 6.45. The number of aromatic nitrogens is 2. The summed E-state index contributed by atoms with van der Waals surface area (Å²) >= 11 is 4.86. The number of rotatable bonds is 6. The fraction of sp³-hybridized carbons (Fsp3) is 0.600. The lowest BCUT2D eigenvalue weighted by atomic mass is 10.1. The van der Waals surface area contributed by atoms with Crippen molar-refractivity contribution < 1.29 is 8.42 Å². The highest BCUT2D eigenvalue weighted by Crippen LogP contribution is 2.10. The first-order valence-corrected chi connectivity index (χ1v) is 7.52. The van der Waals surface area contributed by atoms with Crippen molar-refractivity contribution >= 4 is 27.2 Å². The Morgan fingerprint density at radius 1 is 1.61 bits per heavy atom. The van der Waals surface area contributed by atoms with Crippen molar-refractivity contribution in [2.75, 3.05) is 0 Å². The highest BCUT2D eigenvalue weighted by Gasteiger charge is 2.25. The molecule has 1 heterocycles. The van der Waals surface area contributed by atoms with Crippen LogP contribution in [-0.2, 0) is 16.4 Å². The molecule has 0 aliphatic carbocycles. The van der Waals surface area contributed by atoms with Crippen LogP contribution in [-0.4, -0.2) is 29.4 Å². The topological polar surface area (TPSA) is 101 Å². The number of thiocarbonyl (C=S) groups is 1. The number of nitrogens with one attached hydrogen (secondary N) is 2. The van der Waals surface area contributed by atoms with Crippen LogP contribution in [0.2, 0.25) is 0 Å². The van der Waals surface area contributed by atoms with Crippen LogP contribution < -0.4 is 10.5 Å². The van der Waals surface area contributed by atoms with Gasteiger partial charge in [-0.05, 0) is 5.92 Å². The van der Waals surface area contributed by atoms with Gasteiger partial charge in [0.25, 0.3) is 10.0 Å². The molecule has 18 heavy (non-hydrogen) atoms. The Bertz CT molecular complexity index is 522. The standard InChI is InChI=1S/C10H18N4O2S2/c1-4-7-12-5-8(13-7)18(15,16)14-9(6(2)3)10(11)17/h5-6,9,14H,4H2,1-3H3,(H2,11,17)(H,12,13). The minimum absolute atomic E-state index is 0.0224. The maximum Gasteiger partial charge on any atom is 0.258 e. The minimum Gasteiger partial charge on any atom is -0.392 e. The second kappa shape index (κ2) is 5.77. The van der Waals surface area contributed by atoms with Crippen molar-refractivity contribution in [3.8, 4) is 0 Å². The number of aryl methyl sites for hydroxylation is 1. The van der Waals surface area contributed by atoms with Crippen LogP contribution in [0.3, 0.4) is 0 Å². The summed E-state index contributed by atoms with van der Waals surface area (Å²) in [5, 5.41) is 0.0289. The highest BCUT2D eigenvalue weighted by molar-refractivity contribution is 7.89. The van der Waals surface area contributed by atoms with E-state index in [-0.39, 0.29) is 15.9 Å². The molecular formula is C10H18N4O2S2. The van der Waals surface area contributed by atoms with E-state index < -0.39 is 16.1 Å². The normalized spacial score (nSPS) is 13.8. The SMILES string of the molecule is CCc1ncc(S(=O)(=O)NC(C(N)=S)C(C)C)[nH]1. The van der Waals surface area contributed by atoms with Crippen LogP contribution >= 0.6 is 12.2 Å². The molecule has 6 nitrogen and oxygen atoms in total. The fourth-order valence-electron chi connectivity index (χ4n) is 1.41. The molecule has 0 radical (unpaired) electrons. The molecule has 1 atom stereocenters. The summed E-state index contributed by atoms with van der Waals surface area (Å²) in [4.78, 5) is 6.83. The summed E-state index contributed by atoms with van der Waals surface area (Å²) < 4.78 is 26.6. The first kappa shape index (κ1) is 15.1. The molecule has 0 aliphatic rings. The summed E-state index contributed by atoms with van der Waals surface area (Å²) in [6.45, 7) is 5.57. The predicted octanol–water partition coefficient (Wildman–Crippen LogP) is 0.561. The van der Waals surface area contributed by atoms with E-state index in [0.717, 1.165) is 0 Å². The highest BCUT2D eigenvalue weighted by atomic mass is 32.2. The van der Waals surface area contributed by atoms with Crippen molar-refractivity contribution in [3.05, 3.63) is 12.0 Å². The number of imidazole rings is 1. The molecule has 1 rings (SSSR count). The van der Waals surface area contributed by atoms with E-state index in [0.29, 0.717) is 12.2 Å². The first-order valence-electron chi connectivity index (χ1n) is 5.63. The summed E-state index contributed by atoms with van der Waals surface area (Å²) in [5.41, 5.74) is 5.53. The van der Waals surface area contributed by atoms with Gasteiger partial charge in [0.15, 0.2) is 5.03 Å². The molecule has 0 saturated heterocycles. The van der Waals surface area contributed by atoms with E-state index in [2.05, 4.69) is 14.7 Å². The van der Waals surface area contributed by atoms with E-state index in [1.807, 2.05) is 20.8 Å². The summed E-state index contributed by atoms with van der Waals surface area (Å²) in [6, 6.07) is -0.571. The van der Waals surface area contributed by atoms with Gasteiger partial charge in [0, 0.05) is 6.42 Å². The smallest absolute Gasteiger partial charge is 0.258 e. The van der Waals surface area contributed by atoms with Crippen molar-refractivity contribution in [1.29, 1.82) is 0 Å². The number of aromatic amines is 1. The zero-order valence-corrected chi connectivity index (χ0v) is 12.2. The number of nitrogens with zero attached hydrogens (tertiary/aromatic N) is 1. The summed E-state index contributed by atoms with van der Waals surface area (Å²) in [5.74, 6) is 0.595. The number of H-pyrrole nitrogens is 1. The van der Waals surface area contributed by atoms with Gasteiger partial charge in [-0.25, -0.2) is 13.4 Å². The Hall–Kier alpha value is -0.990. The third-order valence-corrected chi connectivity index (χ3v) is 4.09. The average Bonchev–Trinajstić information content (AvgIpc) is 2.74. The van der Waals surface area contributed by atoms with E-state index in [9.17, 15) is 8.42 Å². The summed E-state index contributed by atoms with van der Waals surface area (Å²) in [7, 11) is -3.67. The lowest BCUT2D eigenvalue weighted by molar-refractivity contribution is 0.524. The van der Waals surface area contributed by atoms with Gasteiger partial charge in [-0.1, -0.05) is 33.0 Å². The van der Waals surface area contributed by atoms with E-state index >= 15 is 0 Å². The number of nitrogens with two attached hydrogens (primary N) is 1. The van der Waals surface area contributed by atoms with Crippen LogP contribution in [0.5, 0.6) is 0 Å². The van der Waals surface area contributed by atoms with E-state index in [4.69, 9.17) is 18.0 Å². The Morgan fingerprint density at radius 3 is 2.61 bits per heavy atom. The molecule has 0 fully saturated rings. The molecule has 102 valence electrons. The maximum atomic E-state index is 12.1. The fourth-order valence-corrected chi connectivity index (χ4v) is 3.12. The van der Waals surface area contributed by atoms with Gasteiger partial charge in [0.05, 0.1) is 17.2 Å². The third kappa shape index (κ3) is 3.50. The van der Waals surface area contributed by atoms with Gasteiger partial charge in [0.2, 0.25) is 0 Å². The predicted molar refractivity (Wildman–Crippen MR) is 73.7 cm³/mol. The van der Waals surface area contributed by atoms with E-state index in [1.165, 1.54) is 6.20 Å². The lowest BCUT2D eigenvalue weighted by Crippen LogP contribution is -2.46. The molecule has 4 N–H and O–H groups in total. The minimum atomic E-state index is -3.67. The molecule has 1 aromatic heterocycles. The molecule has 1 unspecified atom stereocenters. The molecule has 0 aliphatic heterocycles. The van der Waals surface area contributed by atoms with Gasteiger partial charge in [-0.15, -0.1) is 0 Å². The lowest BCUT2D eigenvalue weighted by Gasteiger charge is -2.20. The van der Waals surface area contributed by atoms with Crippen molar-refractivity contribution in [1.82, 2.24) is 14.7 Å². The van der Waals surface area contributed by atoms with Crippen LogP contribution in [0.1, 0.15) is 26.6 Å². The Morgan fingerprint density at radius 2 is 2.22 bits per heavy atom. The van der Waals surface area contributed by atoms with Crippen LogP contribution in [0.25, 0.3) is 0 Å². The van der Waals surface area contributed by atoms with Crippen LogP contribution in [0.4, 0.5) is 0 Å². The van der Waals surface area contributed by atoms with Crippen LogP contribution in [0, 0.1) is 5.92 Å². The zero-order valence-electron chi connectivity index (χ0n) is 10.6. The zero-order chi connectivity index (χ0) is 13.9. The van der Waals surface area contributed by atoms with Crippen molar-refractivity contribution in [3.63, 3.8) is 0 Å². The average molecular weight is 290 g/mol. The Kier molecular flexibility index (Phi) is 4.83. The first-order chi connectivity index (χ1) is 8.27. The number of hydrogen-bond donors (Lipinski definition) is 3. The summed E-state index contributed by atoms with van der Waals surface area (Å²) in [6.07, 6.45) is 1.93.